The van der Waals surface area contributed by atoms with Crippen LogP contribution in [0.1, 0.15) is 42.1 Å². The lowest BCUT2D eigenvalue weighted by atomic mass is 9.93. The van der Waals surface area contributed by atoms with Gasteiger partial charge in [-0.3, -0.25) is 14.6 Å². The van der Waals surface area contributed by atoms with Gasteiger partial charge in [0.25, 0.3) is 11.7 Å². The van der Waals surface area contributed by atoms with Crippen LogP contribution in [-0.2, 0) is 22.6 Å². The van der Waals surface area contributed by atoms with Gasteiger partial charge in [0, 0.05) is 36.5 Å². The lowest BCUT2D eigenvalue weighted by molar-refractivity contribution is -0.140. The highest BCUT2D eigenvalue weighted by atomic mass is 16.5. The summed E-state index contributed by atoms with van der Waals surface area (Å²) in [5.74, 6) is -0.274. The molecule has 0 unspecified atom stereocenters. The Morgan fingerprint density at radius 3 is 2.69 bits per heavy atom. The Bertz CT molecular complexity index is 1320. The summed E-state index contributed by atoms with van der Waals surface area (Å²) in [5, 5.41) is 11.4. The number of Topliss-reactive ketones (excluding diaryl/α,β-unsaturated/α-hetero) is 1. The van der Waals surface area contributed by atoms with E-state index in [2.05, 4.69) is 4.98 Å². The van der Waals surface area contributed by atoms with E-state index in [0.717, 1.165) is 16.9 Å². The summed E-state index contributed by atoms with van der Waals surface area (Å²) in [6.45, 7) is 4.46. The number of fused-ring (bicyclic) bond motifs is 1. The van der Waals surface area contributed by atoms with E-state index in [1.165, 1.54) is 4.90 Å². The van der Waals surface area contributed by atoms with Crippen molar-refractivity contribution in [2.45, 2.75) is 39.0 Å². The van der Waals surface area contributed by atoms with Crippen LogP contribution in [0, 0.1) is 0 Å². The first-order valence-corrected chi connectivity index (χ1v) is 11.7. The summed E-state index contributed by atoms with van der Waals surface area (Å²) >= 11 is 0. The number of likely N-dealkylation sites (tertiary alicyclic amines) is 1. The van der Waals surface area contributed by atoms with Crippen LogP contribution in [0.25, 0.3) is 5.76 Å². The molecule has 1 aromatic heterocycles. The molecule has 2 atom stereocenters. The maximum absolute atomic E-state index is 13.4. The van der Waals surface area contributed by atoms with E-state index in [-0.39, 0.29) is 24.0 Å². The van der Waals surface area contributed by atoms with E-state index < -0.39 is 17.7 Å². The zero-order chi connectivity index (χ0) is 24.5. The van der Waals surface area contributed by atoms with Crippen molar-refractivity contribution in [3.05, 3.63) is 94.8 Å². The standard InChI is InChI=1S/C28H26N2O5/c1-3-34-23-7-5-4-6-21(23)25-24(26(31)19-8-9-22-20(15-19)14-17(2)35-22)27(32)28(33)30(25)16-18-10-12-29-13-11-18/h4-13,15,17,25,31H,3,14,16H2,1-2H3/t17-,25+/m1/s1. The highest BCUT2D eigenvalue weighted by Gasteiger charge is 2.47. The maximum atomic E-state index is 13.4. The molecule has 5 rings (SSSR count). The number of amides is 1. The first-order chi connectivity index (χ1) is 17.0. The molecule has 1 fully saturated rings. The summed E-state index contributed by atoms with van der Waals surface area (Å²) in [6.07, 6.45) is 4.04. The Balaban J connectivity index is 1.66. The van der Waals surface area contributed by atoms with Gasteiger partial charge >= 0.3 is 0 Å². The van der Waals surface area contributed by atoms with E-state index in [4.69, 9.17) is 9.47 Å². The quantitative estimate of drug-likeness (QED) is 0.326. The Morgan fingerprint density at radius 2 is 1.91 bits per heavy atom. The third-order valence-corrected chi connectivity index (χ3v) is 6.33. The molecule has 0 spiro atoms. The van der Waals surface area contributed by atoms with Crippen molar-refractivity contribution in [1.82, 2.24) is 9.88 Å². The number of aromatic nitrogens is 1. The van der Waals surface area contributed by atoms with Gasteiger partial charge < -0.3 is 19.5 Å². The van der Waals surface area contributed by atoms with Gasteiger partial charge in [-0.25, -0.2) is 0 Å². The smallest absolute Gasteiger partial charge is 0.295 e. The Morgan fingerprint density at radius 1 is 1.14 bits per heavy atom. The van der Waals surface area contributed by atoms with E-state index in [0.29, 0.717) is 29.9 Å². The van der Waals surface area contributed by atoms with E-state index in [1.54, 1.807) is 42.7 Å². The van der Waals surface area contributed by atoms with Crippen molar-refractivity contribution in [1.29, 1.82) is 0 Å². The summed E-state index contributed by atoms with van der Waals surface area (Å²) in [4.78, 5) is 32.2. The average molecular weight is 471 g/mol. The number of ether oxygens (including phenoxy) is 2. The summed E-state index contributed by atoms with van der Waals surface area (Å²) in [6, 6.07) is 15.4. The van der Waals surface area contributed by atoms with Crippen LogP contribution in [-0.4, -0.2) is 39.4 Å². The molecular weight excluding hydrogens is 444 g/mol. The summed E-state index contributed by atoms with van der Waals surface area (Å²) in [5.41, 5.74) is 2.94. The van der Waals surface area contributed by atoms with Crippen LogP contribution < -0.4 is 9.47 Å². The van der Waals surface area contributed by atoms with Crippen molar-refractivity contribution >= 4 is 17.4 Å². The molecule has 0 aliphatic carbocycles. The van der Waals surface area contributed by atoms with Crippen LogP contribution in [0.4, 0.5) is 0 Å². The number of benzene rings is 2. The Kier molecular flexibility index (Phi) is 5.99. The molecular formula is C28H26N2O5. The first kappa shape index (κ1) is 22.7. The van der Waals surface area contributed by atoms with E-state index in [9.17, 15) is 14.7 Å². The fourth-order valence-corrected chi connectivity index (χ4v) is 4.77. The molecule has 1 saturated heterocycles. The minimum absolute atomic E-state index is 0.0446. The number of pyridine rings is 1. The average Bonchev–Trinajstić information content (AvgIpc) is 3.36. The minimum Gasteiger partial charge on any atom is -0.507 e. The van der Waals surface area contributed by atoms with Gasteiger partial charge in [0.05, 0.1) is 18.2 Å². The van der Waals surface area contributed by atoms with Crippen LogP contribution in [0.15, 0.2) is 72.6 Å². The molecule has 1 amide bonds. The van der Waals surface area contributed by atoms with Crippen molar-refractivity contribution in [3.63, 3.8) is 0 Å². The van der Waals surface area contributed by atoms with E-state index >= 15 is 0 Å². The van der Waals surface area contributed by atoms with Crippen molar-refractivity contribution < 1.29 is 24.2 Å². The second kappa shape index (κ2) is 9.25. The van der Waals surface area contributed by atoms with E-state index in [1.807, 2.05) is 38.1 Å². The molecule has 35 heavy (non-hydrogen) atoms. The molecule has 2 aliphatic heterocycles. The van der Waals surface area contributed by atoms with Gasteiger partial charge in [-0.05, 0) is 61.4 Å². The van der Waals surface area contributed by atoms with Gasteiger partial charge in [0.15, 0.2) is 0 Å². The van der Waals surface area contributed by atoms with Gasteiger partial charge in [-0.1, -0.05) is 18.2 Å². The summed E-state index contributed by atoms with van der Waals surface area (Å²) in [7, 11) is 0. The number of aliphatic hydroxyl groups is 1. The number of para-hydroxylation sites is 1. The van der Waals surface area contributed by atoms with Crippen LogP contribution in [0.2, 0.25) is 0 Å². The Hall–Kier alpha value is -4.13. The molecule has 0 saturated carbocycles. The number of carbonyl (C=O) groups excluding carboxylic acids is 2. The third-order valence-electron chi connectivity index (χ3n) is 6.33. The van der Waals surface area contributed by atoms with Crippen molar-refractivity contribution in [3.8, 4) is 11.5 Å². The normalized spacial score (nSPS) is 20.6. The van der Waals surface area contributed by atoms with Crippen molar-refractivity contribution in [2.75, 3.05) is 6.61 Å². The number of rotatable bonds is 6. The predicted molar refractivity (Wildman–Crippen MR) is 130 cm³/mol. The van der Waals surface area contributed by atoms with Gasteiger partial charge in [-0.2, -0.15) is 0 Å². The second-order valence-electron chi connectivity index (χ2n) is 8.71. The van der Waals surface area contributed by atoms with Gasteiger partial charge in [0.2, 0.25) is 0 Å². The Labute approximate surface area is 203 Å². The first-order valence-electron chi connectivity index (χ1n) is 11.7. The number of carbonyl (C=O) groups is 2. The summed E-state index contributed by atoms with van der Waals surface area (Å²) < 4.78 is 11.6. The maximum Gasteiger partial charge on any atom is 0.295 e. The topological polar surface area (TPSA) is 89.0 Å². The van der Waals surface area contributed by atoms with Crippen LogP contribution in [0.5, 0.6) is 11.5 Å². The molecule has 0 radical (unpaired) electrons. The lowest BCUT2D eigenvalue weighted by Crippen LogP contribution is -2.29. The molecule has 3 aromatic rings. The number of hydrogen-bond donors (Lipinski definition) is 1. The second-order valence-corrected chi connectivity index (χ2v) is 8.71. The predicted octanol–water partition coefficient (Wildman–Crippen LogP) is 4.43. The molecule has 7 heteroatoms. The largest absolute Gasteiger partial charge is 0.507 e. The molecule has 0 bridgehead atoms. The molecule has 7 nitrogen and oxygen atoms in total. The molecule has 2 aromatic carbocycles. The number of ketones is 1. The van der Waals surface area contributed by atoms with Crippen LogP contribution in [0.3, 0.4) is 0 Å². The molecule has 178 valence electrons. The highest BCUT2D eigenvalue weighted by Crippen LogP contribution is 2.44. The van der Waals surface area contributed by atoms with Gasteiger partial charge in [-0.15, -0.1) is 0 Å². The number of aliphatic hydroxyl groups excluding tert-OH is 1. The van der Waals surface area contributed by atoms with Gasteiger partial charge in [0.1, 0.15) is 23.4 Å². The van der Waals surface area contributed by atoms with Crippen LogP contribution >= 0.6 is 0 Å². The fourth-order valence-electron chi connectivity index (χ4n) is 4.77. The monoisotopic (exact) mass is 470 g/mol. The highest BCUT2D eigenvalue weighted by molar-refractivity contribution is 6.46. The SMILES string of the molecule is CCOc1ccccc1[C@H]1C(=C(O)c2ccc3c(c2)C[C@@H](C)O3)C(=O)C(=O)N1Cc1ccncc1. The van der Waals surface area contributed by atoms with Crippen molar-refractivity contribution in [2.24, 2.45) is 0 Å². The fraction of sp³-hybridized carbons (Fsp3) is 0.250. The minimum atomic E-state index is -0.811. The zero-order valence-electron chi connectivity index (χ0n) is 19.6. The zero-order valence-corrected chi connectivity index (χ0v) is 19.6. The molecule has 3 heterocycles. The molecule has 1 N–H and O–H groups in total. The molecule has 2 aliphatic rings. The third kappa shape index (κ3) is 4.14. The number of hydrogen-bond acceptors (Lipinski definition) is 6. The lowest BCUT2D eigenvalue weighted by Gasteiger charge is -2.27. The number of nitrogens with zero attached hydrogens (tertiary/aromatic N) is 2.